The zero-order valence-electron chi connectivity index (χ0n) is 13.2. The van der Waals surface area contributed by atoms with Gasteiger partial charge in [-0.2, -0.15) is 0 Å². The van der Waals surface area contributed by atoms with Crippen molar-refractivity contribution in [3.05, 3.63) is 39.4 Å². The summed E-state index contributed by atoms with van der Waals surface area (Å²) in [7, 11) is 1.66. The van der Waals surface area contributed by atoms with E-state index in [9.17, 15) is 14.9 Å². The SMILES string of the molecule is COC1CCN(C(=O)c2ccc([N+](=O)[O-])cc2C)C(CN)C1.Cl. The number of carbonyl (C=O) groups excluding carboxylic acids is 1. The highest BCUT2D eigenvalue weighted by molar-refractivity contribution is 5.96. The molecule has 0 radical (unpaired) electrons. The fourth-order valence-corrected chi connectivity index (χ4v) is 2.88. The normalized spacial score (nSPS) is 20.7. The molecule has 1 heterocycles. The van der Waals surface area contributed by atoms with Crippen LogP contribution < -0.4 is 5.73 Å². The Labute approximate surface area is 141 Å². The second-order valence-corrected chi connectivity index (χ2v) is 5.53. The maximum atomic E-state index is 12.7. The van der Waals surface area contributed by atoms with Crippen LogP contribution in [0.15, 0.2) is 18.2 Å². The monoisotopic (exact) mass is 343 g/mol. The number of nitrogens with two attached hydrogens (primary N) is 1. The zero-order chi connectivity index (χ0) is 16.3. The van der Waals surface area contributed by atoms with Crippen LogP contribution in [0.3, 0.4) is 0 Å². The van der Waals surface area contributed by atoms with Crippen LogP contribution in [0.5, 0.6) is 0 Å². The maximum Gasteiger partial charge on any atom is 0.269 e. The lowest BCUT2D eigenvalue weighted by Crippen LogP contribution is -2.51. The van der Waals surface area contributed by atoms with Crippen LogP contribution in [0.1, 0.15) is 28.8 Å². The number of piperidine rings is 1. The van der Waals surface area contributed by atoms with E-state index in [1.165, 1.54) is 18.2 Å². The minimum absolute atomic E-state index is 0. The number of hydrogen-bond acceptors (Lipinski definition) is 5. The van der Waals surface area contributed by atoms with Crippen LogP contribution in [0, 0.1) is 17.0 Å². The summed E-state index contributed by atoms with van der Waals surface area (Å²) in [5, 5.41) is 10.8. The van der Waals surface area contributed by atoms with Crippen LogP contribution >= 0.6 is 12.4 Å². The summed E-state index contributed by atoms with van der Waals surface area (Å²) < 4.78 is 5.35. The summed E-state index contributed by atoms with van der Waals surface area (Å²) in [6.45, 7) is 2.66. The Morgan fingerprint density at radius 1 is 1.52 bits per heavy atom. The number of likely N-dealkylation sites (tertiary alicyclic amines) is 1. The number of carbonyl (C=O) groups is 1. The van der Waals surface area contributed by atoms with E-state index in [0.29, 0.717) is 30.6 Å². The van der Waals surface area contributed by atoms with Gasteiger partial charge in [-0.1, -0.05) is 0 Å². The molecule has 8 heteroatoms. The summed E-state index contributed by atoms with van der Waals surface area (Å²) in [4.78, 5) is 24.8. The van der Waals surface area contributed by atoms with E-state index < -0.39 is 4.92 Å². The predicted octanol–water partition coefficient (Wildman–Crippen LogP) is 1.90. The van der Waals surface area contributed by atoms with Gasteiger partial charge in [0.2, 0.25) is 0 Å². The van der Waals surface area contributed by atoms with Gasteiger partial charge in [0.05, 0.1) is 11.0 Å². The summed E-state index contributed by atoms with van der Waals surface area (Å²) >= 11 is 0. The molecular weight excluding hydrogens is 322 g/mol. The van der Waals surface area contributed by atoms with Crippen LogP contribution in [-0.2, 0) is 4.74 Å². The minimum atomic E-state index is -0.464. The maximum absolute atomic E-state index is 12.7. The van der Waals surface area contributed by atoms with Crippen molar-refractivity contribution in [1.29, 1.82) is 0 Å². The molecule has 2 N–H and O–H groups in total. The van der Waals surface area contributed by atoms with Gasteiger partial charge in [0.15, 0.2) is 0 Å². The Morgan fingerprint density at radius 3 is 2.74 bits per heavy atom. The van der Waals surface area contributed by atoms with Crippen molar-refractivity contribution in [2.75, 3.05) is 20.2 Å². The molecule has 2 rings (SSSR count). The molecule has 2 atom stereocenters. The predicted molar refractivity (Wildman–Crippen MR) is 89.0 cm³/mol. The van der Waals surface area contributed by atoms with Gasteiger partial charge < -0.3 is 15.4 Å². The van der Waals surface area contributed by atoms with Gasteiger partial charge in [-0.25, -0.2) is 0 Å². The number of non-ortho nitro benzene ring substituents is 1. The average Bonchev–Trinajstić information content (AvgIpc) is 2.53. The van der Waals surface area contributed by atoms with Crippen molar-refractivity contribution in [1.82, 2.24) is 4.90 Å². The quantitative estimate of drug-likeness (QED) is 0.665. The van der Waals surface area contributed by atoms with E-state index in [2.05, 4.69) is 0 Å². The first-order valence-corrected chi connectivity index (χ1v) is 7.26. The Hall–Kier alpha value is -1.70. The molecule has 0 saturated carbocycles. The molecule has 0 aromatic heterocycles. The Balaban J connectivity index is 0.00000264. The number of aryl methyl sites for hydroxylation is 1. The molecule has 128 valence electrons. The number of rotatable bonds is 4. The number of halogens is 1. The fraction of sp³-hybridized carbons (Fsp3) is 0.533. The van der Waals surface area contributed by atoms with Crippen molar-refractivity contribution in [2.45, 2.75) is 31.9 Å². The molecule has 1 aromatic carbocycles. The molecule has 0 aliphatic carbocycles. The zero-order valence-corrected chi connectivity index (χ0v) is 14.0. The lowest BCUT2D eigenvalue weighted by Gasteiger charge is -2.38. The van der Waals surface area contributed by atoms with Crippen molar-refractivity contribution in [3.63, 3.8) is 0 Å². The topological polar surface area (TPSA) is 98.7 Å². The number of nitrogens with zero attached hydrogens (tertiary/aromatic N) is 2. The summed E-state index contributed by atoms with van der Waals surface area (Å²) in [6.07, 6.45) is 1.60. The highest BCUT2D eigenvalue weighted by atomic mass is 35.5. The third kappa shape index (κ3) is 4.19. The van der Waals surface area contributed by atoms with Gasteiger partial charge in [0, 0.05) is 43.9 Å². The van der Waals surface area contributed by atoms with Crippen molar-refractivity contribution >= 4 is 24.0 Å². The molecule has 1 saturated heterocycles. The van der Waals surface area contributed by atoms with Crippen molar-refractivity contribution in [3.8, 4) is 0 Å². The Bertz CT molecular complexity index is 582. The van der Waals surface area contributed by atoms with Crippen LogP contribution in [0.2, 0.25) is 0 Å². The van der Waals surface area contributed by atoms with E-state index in [1.54, 1.807) is 18.9 Å². The van der Waals surface area contributed by atoms with E-state index in [-0.39, 0.29) is 36.1 Å². The second-order valence-electron chi connectivity index (χ2n) is 5.53. The molecule has 1 aliphatic heterocycles. The first-order chi connectivity index (χ1) is 10.5. The molecule has 7 nitrogen and oxygen atoms in total. The lowest BCUT2D eigenvalue weighted by atomic mass is 9.97. The molecule has 1 amide bonds. The van der Waals surface area contributed by atoms with Crippen LogP contribution in [0.25, 0.3) is 0 Å². The van der Waals surface area contributed by atoms with E-state index in [1.807, 2.05) is 0 Å². The number of hydrogen-bond donors (Lipinski definition) is 1. The van der Waals surface area contributed by atoms with Crippen molar-refractivity contribution < 1.29 is 14.5 Å². The average molecular weight is 344 g/mol. The van der Waals surface area contributed by atoms with Gasteiger partial charge in [-0.3, -0.25) is 14.9 Å². The van der Waals surface area contributed by atoms with E-state index in [4.69, 9.17) is 10.5 Å². The number of ether oxygens (including phenoxy) is 1. The molecule has 0 spiro atoms. The lowest BCUT2D eigenvalue weighted by molar-refractivity contribution is -0.384. The van der Waals surface area contributed by atoms with Crippen molar-refractivity contribution in [2.24, 2.45) is 5.73 Å². The Kier molecular flexibility index (Phi) is 6.93. The van der Waals surface area contributed by atoms with Gasteiger partial charge in [-0.15, -0.1) is 12.4 Å². The second kappa shape index (κ2) is 8.24. The highest BCUT2D eigenvalue weighted by Crippen LogP contribution is 2.24. The van der Waals surface area contributed by atoms with Gasteiger partial charge in [-0.05, 0) is 31.4 Å². The van der Waals surface area contributed by atoms with Gasteiger partial charge >= 0.3 is 0 Å². The smallest absolute Gasteiger partial charge is 0.269 e. The summed E-state index contributed by atoms with van der Waals surface area (Å²) in [5.41, 5.74) is 6.86. The van der Waals surface area contributed by atoms with E-state index in [0.717, 1.165) is 6.42 Å². The summed E-state index contributed by atoms with van der Waals surface area (Å²) in [5.74, 6) is -0.127. The van der Waals surface area contributed by atoms with Gasteiger partial charge in [0.25, 0.3) is 11.6 Å². The molecule has 1 aromatic rings. The molecule has 1 fully saturated rings. The van der Waals surface area contributed by atoms with Crippen LogP contribution in [0.4, 0.5) is 5.69 Å². The first kappa shape index (κ1) is 19.3. The standard InChI is InChI=1S/C15H21N3O4.ClH/c1-10-7-11(18(20)21)3-4-14(10)15(19)17-6-5-13(22-2)8-12(17)9-16;/h3-4,7,12-13H,5-6,8-9,16H2,1-2H3;1H. The number of methoxy groups -OCH3 is 1. The number of nitro groups is 1. The largest absolute Gasteiger partial charge is 0.381 e. The Morgan fingerprint density at radius 2 is 2.22 bits per heavy atom. The molecule has 23 heavy (non-hydrogen) atoms. The number of benzene rings is 1. The molecule has 0 bridgehead atoms. The minimum Gasteiger partial charge on any atom is -0.381 e. The van der Waals surface area contributed by atoms with E-state index >= 15 is 0 Å². The van der Waals surface area contributed by atoms with Crippen LogP contribution in [-0.4, -0.2) is 48.1 Å². The first-order valence-electron chi connectivity index (χ1n) is 7.26. The highest BCUT2D eigenvalue weighted by Gasteiger charge is 2.32. The van der Waals surface area contributed by atoms with Gasteiger partial charge in [0.1, 0.15) is 0 Å². The number of amides is 1. The third-order valence-corrected chi connectivity index (χ3v) is 4.19. The summed E-state index contributed by atoms with van der Waals surface area (Å²) in [6, 6.07) is 4.23. The number of nitro benzene ring substituents is 1. The molecule has 1 aliphatic rings. The fourth-order valence-electron chi connectivity index (χ4n) is 2.88. The third-order valence-electron chi connectivity index (χ3n) is 4.19. The molecule has 2 unspecified atom stereocenters. The molecular formula is C15H22ClN3O4.